The van der Waals surface area contributed by atoms with Gasteiger partial charge in [0.05, 0.1) is 6.54 Å². The lowest BCUT2D eigenvalue weighted by atomic mass is 10.1. The fourth-order valence-corrected chi connectivity index (χ4v) is 6.95. The predicted octanol–water partition coefficient (Wildman–Crippen LogP) is 4.10. The number of rotatable bonds is 8. The Morgan fingerprint density at radius 2 is 1.83 bits per heavy atom. The summed E-state index contributed by atoms with van der Waals surface area (Å²) in [6.07, 6.45) is 5.38. The van der Waals surface area contributed by atoms with Crippen LogP contribution in [-0.4, -0.2) is 65.3 Å². The molecular weight excluding hydrogens is 402 g/mol. The Kier molecular flexibility index (Phi) is 8.75. The van der Waals surface area contributed by atoms with Gasteiger partial charge in [0.25, 0.3) is 0 Å². The molecular formula is C22H33N3O2S2. The molecule has 1 atom stereocenters. The van der Waals surface area contributed by atoms with E-state index in [1.165, 1.54) is 18.6 Å². The molecule has 0 saturated carbocycles. The van der Waals surface area contributed by atoms with Crippen LogP contribution >= 0.6 is 21.6 Å². The number of amides is 2. The largest absolute Gasteiger partial charge is 0.340 e. The van der Waals surface area contributed by atoms with Crippen molar-refractivity contribution >= 4 is 39.1 Å². The van der Waals surface area contributed by atoms with Gasteiger partial charge in [-0.2, -0.15) is 0 Å². The molecule has 0 radical (unpaired) electrons. The van der Waals surface area contributed by atoms with Crippen LogP contribution in [0.5, 0.6) is 0 Å². The standard InChI is InChI=1S/C22H33N3O2S2/c1-17-6-5-7-18(2)22(17)23-20(26)16-24-11-13-25(14-12-24)21(27)9-4-3-8-19-10-15-28-29-19/h5-7,19H,3-4,8-16H2,1-2H3,(H,23,26). The minimum absolute atomic E-state index is 0.0186. The van der Waals surface area contributed by atoms with E-state index in [9.17, 15) is 9.59 Å². The molecule has 1 unspecified atom stereocenters. The highest BCUT2D eigenvalue weighted by Gasteiger charge is 2.23. The second-order valence-corrected chi connectivity index (χ2v) is 10.8. The Morgan fingerprint density at radius 1 is 1.10 bits per heavy atom. The summed E-state index contributed by atoms with van der Waals surface area (Å²) in [7, 11) is 4.00. The second-order valence-electron chi connectivity index (χ2n) is 8.05. The Labute approximate surface area is 182 Å². The van der Waals surface area contributed by atoms with Gasteiger partial charge in [-0.15, -0.1) is 0 Å². The third kappa shape index (κ3) is 6.93. The van der Waals surface area contributed by atoms with Gasteiger partial charge in [0.15, 0.2) is 0 Å². The van der Waals surface area contributed by atoms with Gasteiger partial charge in [-0.3, -0.25) is 14.5 Å². The monoisotopic (exact) mass is 435 g/mol. The van der Waals surface area contributed by atoms with Crippen LogP contribution in [0.15, 0.2) is 18.2 Å². The van der Waals surface area contributed by atoms with E-state index in [2.05, 4.69) is 10.2 Å². The summed E-state index contributed by atoms with van der Waals surface area (Å²) in [4.78, 5) is 29.0. The molecule has 2 saturated heterocycles. The molecule has 2 aliphatic heterocycles. The number of piperazine rings is 1. The topological polar surface area (TPSA) is 52.7 Å². The van der Waals surface area contributed by atoms with Crippen molar-refractivity contribution in [2.75, 3.05) is 43.8 Å². The van der Waals surface area contributed by atoms with Gasteiger partial charge in [0, 0.05) is 49.3 Å². The molecule has 0 bridgehead atoms. The highest BCUT2D eigenvalue weighted by atomic mass is 33.1. The summed E-state index contributed by atoms with van der Waals surface area (Å²) >= 11 is 0. The van der Waals surface area contributed by atoms with Crippen molar-refractivity contribution < 1.29 is 9.59 Å². The van der Waals surface area contributed by atoms with E-state index < -0.39 is 0 Å². The van der Waals surface area contributed by atoms with E-state index in [0.717, 1.165) is 61.1 Å². The molecule has 160 valence electrons. The first-order chi connectivity index (χ1) is 14.0. The van der Waals surface area contributed by atoms with Crippen LogP contribution in [0.1, 0.15) is 43.2 Å². The van der Waals surface area contributed by atoms with Crippen LogP contribution in [-0.2, 0) is 9.59 Å². The van der Waals surface area contributed by atoms with E-state index in [1.54, 1.807) is 0 Å². The molecule has 1 aromatic carbocycles. The van der Waals surface area contributed by atoms with E-state index in [0.29, 0.717) is 13.0 Å². The molecule has 29 heavy (non-hydrogen) atoms. The van der Waals surface area contributed by atoms with Crippen molar-refractivity contribution in [3.05, 3.63) is 29.3 Å². The van der Waals surface area contributed by atoms with Gasteiger partial charge in [-0.25, -0.2) is 0 Å². The lowest BCUT2D eigenvalue weighted by Crippen LogP contribution is -2.50. The summed E-state index contributed by atoms with van der Waals surface area (Å²) in [5.74, 6) is 1.57. The van der Waals surface area contributed by atoms with Gasteiger partial charge in [0.2, 0.25) is 11.8 Å². The van der Waals surface area contributed by atoms with Crippen LogP contribution < -0.4 is 5.32 Å². The first kappa shape index (κ1) is 22.5. The number of para-hydroxylation sites is 1. The molecule has 2 heterocycles. The van der Waals surface area contributed by atoms with Crippen molar-refractivity contribution in [2.45, 2.75) is 51.2 Å². The molecule has 5 nitrogen and oxygen atoms in total. The second kappa shape index (κ2) is 11.3. The lowest BCUT2D eigenvalue weighted by molar-refractivity contribution is -0.133. The average molecular weight is 436 g/mol. The van der Waals surface area contributed by atoms with Gasteiger partial charge >= 0.3 is 0 Å². The Hall–Kier alpha value is -1.18. The molecule has 2 amide bonds. The maximum Gasteiger partial charge on any atom is 0.238 e. The van der Waals surface area contributed by atoms with Crippen molar-refractivity contribution in [1.82, 2.24) is 9.80 Å². The predicted molar refractivity (Wildman–Crippen MR) is 124 cm³/mol. The molecule has 7 heteroatoms. The van der Waals surface area contributed by atoms with Gasteiger partial charge in [-0.05, 0) is 44.2 Å². The molecule has 0 aliphatic carbocycles. The number of hydrogen-bond acceptors (Lipinski definition) is 5. The third-order valence-corrected chi connectivity index (χ3v) is 8.74. The average Bonchev–Trinajstić information content (AvgIpc) is 3.22. The summed E-state index contributed by atoms with van der Waals surface area (Å²) in [5, 5.41) is 3.85. The Balaban J connectivity index is 1.33. The smallest absolute Gasteiger partial charge is 0.238 e. The number of nitrogens with zero attached hydrogens (tertiary/aromatic N) is 2. The number of anilines is 1. The number of benzene rings is 1. The zero-order valence-corrected chi connectivity index (χ0v) is 19.2. The number of aryl methyl sites for hydroxylation is 2. The fraction of sp³-hybridized carbons (Fsp3) is 0.636. The Morgan fingerprint density at radius 3 is 2.48 bits per heavy atom. The number of carbonyl (C=O) groups excluding carboxylic acids is 2. The Bertz CT molecular complexity index is 679. The third-order valence-electron chi connectivity index (χ3n) is 5.73. The van der Waals surface area contributed by atoms with Crippen LogP contribution in [0.25, 0.3) is 0 Å². The van der Waals surface area contributed by atoms with Gasteiger partial charge in [-0.1, -0.05) is 46.2 Å². The normalized spacial score (nSPS) is 20.1. The van der Waals surface area contributed by atoms with E-state index in [4.69, 9.17) is 0 Å². The first-order valence-electron chi connectivity index (χ1n) is 10.7. The summed E-state index contributed by atoms with van der Waals surface area (Å²) in [5.41, 5.74) is 3.08. The summed E-state index contributed by atoms with van der Waals surface area (Å²) in [6, 6.07) is 6.03. The van der Waals surface area contributed by atoms with E-state index >= 15 is 0 Å². The van der Waals surface area contributed by atoms with Crippen molar-refractivity contribution in [2.24, 2.45) is 0 Å². The fourth-order valence-electron chi connectivity index (χ4n) is 3.92. The van der Waals surface area contributed by atoms with Gasteiger partial charge < -0.3 is 10.2 Å². The zero-order valence-electron chi connectivity index (χ0n) is 17.6. The molecule has 2 fully saturated rings. The number of carbonyl (C=O) groups is 2. The van der Waals surface area contributed by atoms with Crippen molar-refractivity contribution in [1.29, 1.82) is 0 Å². The van der Waals surface area contributed by atoms with Crippen LogP contribution in [0.4, 0.5) is 5.69 Å². The van der Waals surface area contributed by atoms with Gasteiger partial charge in [0.1, 0.15) is 0 Å². The van der Waals surface area contributed by atoms with E-state index in [1.807, 2.05) is 58.5 Å². The number of hydrogen-bond donors (Lipinski definition) is 1. The molecule has 1 aromatic rings. The molecule has 3 rings (SSSR count). The zero-order chi connectivity index (χ0) is 20.6. The highest BCUT2D eigenvalue weighted by Crippen LogP contribution is 2.39. The first-order valence-corrected chi connectivity index (χ1v) is 13.1. The lowest BCUT2D eigenvalue weighted by Gasteiger charge is -2.34. The van der Waals surface area contributed by atoms with Crippen molar-refractivity contribution in [3.63, 3.8) is 0 Å². The number of unbranched alkanes of at least 4 members (excludes halogenated alkanes) is 1. The number of nitrogens with one attached hydrogen (secondary N) is 1. The van der Waals surface area contributed by atoms with Crippen LogP contribution in [0.3, 0.4) is 0 Å². The van der Waals surface area contributed by atoms with Crippen LogP contribution in [0, 0.1) is 13.8 Å². The summed E-state index contributed by atoms with van der Waals surface area (Å²) in [6.45, 7) is 7.39. The highest BCUT2D eigenvalue weighted by molar-refractivity contribution is 8.77. The maximum atomic E-state index is 12.5. The molecule has 0 aromatic heterocycles. The van der Waals surface area contributed by atoms with E-state index in [-0.39, 0.29) is 11.8 Å². The molecule has 1 N–H and O–H groups in total. The van der Waals surface area contributed by atoms with Crippen LogP contribution in [0.2, 0.25) is 0 Å². The molecule has 2 aliphatic rings. The molecule has 0 spiro atoms. The maximum absolute atomic E-state index is 12.5. The summed E-state index contributed by atoms with van der Waals surface area (Å²) < 4.78 is 0. The van der Waals surface area contributed by atoms with Crippen molar-refractivity contribution in [3.8, 4) is 0 Å². The SMILES string of the molecule is Cc1cccc(C)c1NC(=O)CN1CCN(C(=O)CCCCC2CCSS2)CC1. The minimum atomic E-state index is 0.0186. The quantitative estimate of drug-likeness (QED) is 0.492. The minimum Gasteiger partial charge on any atom is -0.340 e.